The second-order valence-electron chi connectivity index (χ2n) is 7.24. The van der Waals surface area contributed by atoms with Gasteiger partial charge in [0.25, 0.3) is 0 Å². The Labute approximate surface area is 171 Å². The third-order valence-electron chi connectivity index (χ3n) is 4.62. The lowest BCUT2D eigenvalue weighted by molar-refractivity contribution is -0.0509. The molecule has 0 unspecified atom stereocenters. The molecule has 3 rings (SSSR count). The van der Waals surface area contributed by atoms with Gasteiger partial charge in [0.1, 0.15) is 5.76 Å². The van der Waals surface area contributed by atoms with Gasteiger partial charge in [-0.1, -0.05) is 56.3 Å². The summed E-state index contributed by atoms with van der Waals surface area (Å²) < 4.78 is 65.6. The molecule has 0 bridgehead atoms. The number of hydrogen-bond acceptors (Lipinski definition) is 4. The molecule has 0 radical (unpaired) electrons. The molecule has 2 aromatic carbocycles. The van der Waals surface area contributed by atoms with Crippen LogP contribution in [0.15, 0.2) is 48.5 Å². The number of alkyl halides is 3. The molecule has 0 amide bonds. The molecule has 0 saturated heterocycles. The van der Waals surface area contributed by atoms with E-state index in [9.17, 15) is 31.5 Å². The van der Waals surface area contributed by atoms with Crippen LogP contribution in [0.3, 0.4) is 0 Å². The van der Waals surface area contributed by atoms with E-state index in [4.69, 9.17) is 0 Å². The van der Waals surface area contributed by atoms with Crippen molar-refractivity contribution in [1.82, 2.24) is 0 Å². The van der Waals surface area contributed by atoms with E-state index in [1.165, 1.54) is 18.2 Å². The van der Waals surface area contributed by atoms with Crippen molar-refractivity contribution in [3.05, 3.63) is 76.4 Å². The summed E-state index contributed by atoms with van der Waals surface area (Å²) in [7, 11) is -5.81. The maximum atomic E-state index is 12.7. The average molecular weight is 438 g/mol. The number of aromatic carboxylic acids is 1. The molecule has 0 spiro atoms. The summed E-state index contributed by atoms with van der Waals surface area (Å²) in [4.78, 5) is 11.3. The Balaban J connectivity index is 1.99. The minimum absolute atomic E-state index is 0.0937. The summed E-state index contributed by atoms with van der Waals surface area (Å²) in [5.74, 6) is -1.49. The summed E-state index contributed by atoms with van der Waals surface area (Å²) in [6.07, 6.45) is 4.47. The van der Waals surface area contributed by atoms with Crippen molar-refractivity contribution in [1.29, 1.82) is 0 Å². The van der Waals surface area contributed by atoms with Gasteiger partial charge in [0, 0.05) is 11.0 Å². The molecule has 0 saturated carbocycles. The highest BCUT2D eigenvalue weighted by Crippen LogP contribution is 2.43. The Morgan fingerprint density at radius 3 is 2.40 bits per heavy atom. The molecule has 0 aromatic heterocycles. The first kappa shape index (κ1) is 21.6. The fraction of sp³-hybridized carbons (Fsp3) is 0.190. The SMILES string of the molecule is CC1(C)C=C(OS(=O)(=O)C(F)(F)F)c2cc(C=Cc3ccccc3C(=O)O)ccc21. The predicted molar refractivity (Wildman–Crippen MR) is 106 cm³/mol. The monoisotopic (exact) mass is 438 g/mol. The molecular weight excluding hydrogens is 421 g/mol. The van der Waals surface area contributed by atoms with E-state index in [2.05, 4.69) is 4.18 Å². The number of rotatable bonds is 5. The van der Waals surface area contributed by atoms with Crippen LogP contribution < -0.4 is 0 Å². The van der Waals surface area contributed by atoms with E-state index in [0.717, 1.165) is 0 Å². The number of halogens is 3. The molecule has 0 aliphatic heterocycles. The number of hydrogen-bond donors (Lipinski definition) is 1. The van der Waals surface area contributed by atoms with Crippen molar-refractivity contribution < 1.29 is 35.7 Å². The van der Waals surface area contributed by atoms with Crippen molar-refractivity contribution in [3.8, 4) is 0 Å². The maximum absolute atomic E-state index is 12.7. The number of carboxylic acid groups (broad SMARTS) is 1. The highest BCUT2D eigenvalue weighted by molar-refractivity contribution is 7.87. The Bertz CT molecular complexity index is 1180. The van der Waals surface area contributed by atoms with Gasteiger partial charge in [-0.05, 0) is 34.9 Å². The van der Waals surface area contributed by atoms with Crippen molar-refractivity contribution >= 4 is 34.0 Å². The third kappa shape index (κ3) is 4.11. The van der Waals surface area contributed by atoms with Crippen LogP contribution in [-0.2, 0) is 19.7 Å². The lowest BCUT2D eigenvalue weighted by Crippen LogP contribution is -2.24. The lowest BCUT2D eigenvalue weighted by atomic mass is 9.86. The maximum Gasteiger partial charge on any atom is 0.534 e. The van der Waals surface area contributed by atoms with Gasteiger partial charge >= 0.3 is 21.6 Å². The first-order chi connectivity index (χ1) is 13.8. The van der Waals surface area contributed by atoms with E-state index in [1.807, 2.05) is 0 Å². The molecule has 0 atom stereocenters. The summed E-state index contributed by atoms with van der Waals surface area (Å²) >= 11 is 0. The Kier molecular flexibility index (Phi) is 5.28. The molecule has 1 aliphatic rings. The van der Waals surface area contributed by atoms with Crippen molar-refractivity contribution in [2.24, 2.45) is 0 Å². The Morgan fingerprint density at radius 1 is 1.10 bits per heavy atom. The van der Waals surface area contributed by atoms with Gasteiger partial charge in [-0.25, -0.2) is 4.79 Å². The third-order valence-corrected chi connectivity index (χ3v) is 5.59. The van der Waals surface area contributed by atoms with Gasteiger partial charge < -0.3 is 9.29 Å². The normalized spacial score (nSPS) is 15.7. The van der Waals surface area contributed by atoms with E-state index in [0.29, 0.717) is 16.7 Å². The van der Waals surface area contributed by atoms with E-state index in [-0.39, 0.29) is 11.1 Å². The Morgan fingerprint density at radius 2 is 1.77 bits per heavy atom. The standard InChI is InChI=1S/C21H17F3O5S/c1-20(2)12-18(29-30(27,28)21(22,23)24)16-11-13(8-10-17(16)20)7-9-14-5-3-4-6-15(14)19(25)26/h3-12H,1-2H3,(H,25,26). The highest BCUT2D eigenvalue weighted by atomic mass is 32.2. The van der Waals surface area contributed by atoms with Crippen LogP contribution in [0.5, 0.6) is 0 Å². The van der Waals surface area contributed by atoms with E-state index in [1.54, 1.807) is 56.3 Å². The van der Waals surface area contributed by atoms with Gasteiger partial charge in [0.05, 0.1) is 5.56 Å². The number of allylic oxidation sites excluding steroid dienone is 1. The molecule has 0 fully saturated rings. The molecule has 1 N–H and O–H groups in total. The fourth-order valence-corrected chi connectivity index (χ4v) is 3.64. The van der Waals surface area contributed by atoms with Crippen LogP contribution in [0.2, 0.25) is 0 Å². The quantitative estimate of drug-likeness (QED) is 0.401. The first-order valence-corrected chi connectivity index (χ1v) is 10.1. The van der Waals surface area contributed by atoms with E-state index >= 15 is 0 Å². The van der Waals surface area contributed by atoms with Gasteiger partial charge in [-0.15, -0.1) is 0 Å². The lowest BCUT2D eigenvalue weighted by Gasteiger charge is -2.17. The second kappa shape index (κ2) is 7.32. The van der Waals surface area contributed by atoms with Gasteiger partial charge in [-0.2, -0.15) is 21.6 Å². The summed E-state index contributed by atoms with van der Waals surface area (Å²) in [5, 5.41) is 9.25. The molecule has 30 heavy (non-hydrogen) atoms. The second-order valence-corrected chi connectivity index (χ2v) is 8.78. The number of carbonyl (C=O) groups is 1. The zero-order chi connectivity index (χ0) is 22.3. The topological polar surface area (TPSA) is 80.7 Å². The predicted octanol–water partition coefficient (Wildman–Crippen LogP) is 5.05. The van der Waals surface area contributed by atoms with Crippen LogP contribution >= 0.6 is 0 Å². The zero-order valence-electron chi connectivity index (χ0n) is 15.9. The first-order valence-electron chi connectivity index (χ1n) is 8.71. The highest BCUT2D eigenvalue weighted by Gasteiger charge is 2.50. The fourth-order valence-electron chi connectivity index (χ4n) is 3.17. The molecule has 1 aliphatic carbocycles. The minimum atomic E-state index is -5.81. The number of carboxylic acids is 1. The van der Waals surface area contributed by atoms with Gasteiger partial charge in [0.2, 0.25) is 0 Å². The van der Waals surface area contributed by atoms with Crippen LogP contribution in [0.25, 0.3) is 17.9 Å². The number of benzene rings is 2. The summed E-state index contributed by atoms with van der Waals surface area (Å²) in [5.41, 5.74) is -4.37. The molecular formula is C21H17F3O5S. The molecule has 0 heterocycles. The van der Waals surface area contributed by atoms with Gasteiger partial charge in [0.15, 0.2) is 0 Å². The Hall–Kier alpha value is -3.07. The molecule has 158 valence electrons. The van der Waals surface area contributed by atoms with Crippen molar-refractivity contribution in [3.63, 3.8) is 0 Å². The van der Waals surface area contributed by atoms with Crippen LogP contribution in [0.4, 0.5) is 13.2 Å². The molecule has 2 aromatic rings. The van der Waals surface area contributed by atoms with Gasteiger partial charge in [-0.3, -0.25) is 0 Å². The summed E-state index contributed by atoms with van der Waals surface area (Å²) in [6, 6.07) is 11.2. The largest absolute Gasteiger partial charge is 0.534 e. The average Bonchev–Trinajstić information content (AvgIpc) is 2.88. The minimum Gasteiger partial charge on any atom is -0.478 e. The zero-order valence-corrected chi connectivity index (χ0v) is 16.7. The summed E-state index contributed by atoms with van der Waals surface area (Å²) in [6.45, 7) is 3.45. The van der Waals surface area contributed by atoms with E-state index < -0.39 is 32.8 Å². The van der Waals surface area contributed by atoms with Crippen LogP contribution in [0.1, 0.15) is 46.5 Å². The van der Waals surface area contributed by atoms with Crippen molar-refractivity contribution in [2.75, 3.05) is 0 Å². The van der Waals surface area contributed by atoms with Crippen LogP contribution in [-0.4, -0.2) is 25.0 Å². The van der Waals surface area contributed by atoms with Crippen LogP contribution in [0, 0.1) is 0 Å². The number of fused-ring (bicyclic) bond motifs is 1. The smallest absolute Gasteiger partial charge is 0.478 e. The molecule has 5 nitrogen and oxygen atoms in total. The van der Waals surface area contributed by atoms with Crippen molar-refractivity contribution in [2.45, 2.75) is 24.8 Å². The molecule has 9 heteroatoms.